The summed E-state index contributed by atoms with van der Waals surface area (Å²) in [5.74, 6) is -0.196. The molecule has 3 nitrogen and oxygen atoms in total. The second kappa shape index (κ2) is 5.53. The first-order valence-electron chi connectivity index (χ1n) is 4.92. The number of carbonyl (C=O) groups is 1. The summed E-state index contributed by atoms with van der Waals surface area (Å²) in [4.78, 5) is 11.4. The maximum absolute atomic E-state index is 11.4. The second-order valence-electron chi connectivity index (χ2n) is 3.69. The molecular formula is C11H14Cl2N2O. The fourth-order valence-electron chi connectivity index (χ4n) is 1.21. The molecule has 2 atom stereocenters. The van der Waals surface area contributed by atoms with Crippen LogP contribution in [0.4, 0.5) is 0 Å². The molecule has 1 rings (SSSR count). The smallest absolute Gasteiger partial charge is 0.237 e. The van der Waals surface area contributed by atoms with E-state index in [9.17, 15) is 4.79 Å². The van der Waals surface area contributed by atoms with Crippen LogP contribution in [0.1, 0.15) is 25.5 Å². The van der Waals surface area contributed by atoms with E-state index in [1.807, 2.05) is 13.0 Å². The molecule has 3 N–H and O–H groups in total. The van der Waals surface area contributed by atoms with Gasteiger partial charge in [0, 0.05) is 0 Å². The lowest BCUT2D eigenvalue weighted by Crippen LogP contribution is -2.39. The molecule has 5 heteroatoms. The van der Waals surface area contributed by atoms with E-state index < -0.39 is 6.04 Å². The van der Waals surface area contributed by atoms with E-state index >= 15 is 0 Å². The van der Waals surface area contributed by atoms with E-state index in [1.165, 1.54) is 0 Å². The van der Waals surface area contributed by atoms with Crippen LogP contribution >= 0.6 is 23.2 Å². The molecule has 1 aromatic rings. The molecule has 0 saturated heterocycles. The van der Waals surface area contributed by atoms with Gasteiger partial charge in [0.2, 0.25) is 5.91 Å². The van der Waals surface area contributed by atoms with E-state index in [-0.39, 0.29) is 11.9 Å². The maximum Gasteiger partial charge on any atom is 0.237 e. The van der Waals surface area contributed by atoms with E-state index in [2.05, 4.69) is 5.32 Å². The van der Waals surface area contributed by atoms with Gasteiger partial charge in [0.25, 0.3) is 0 Å². The molecular weight excluding hydrogens is 247 g/mol. The standard InChI is InChI=1S/C11H14Cl2N2O/c1-6(14)11(16)15-7(2)8-3-4-9(12)10(13)5-8/h3-7H,14H2,1-2H3,(H,15,16)/t6-,7?/m1/s1. The van der Waals surface area contributed by atoms with E-state index in [0.717, 1.165) is 5.56 Å². The first-order valence-corrected chi connectivity index (χ1v) is 5.68. The zero-order valence-corrected chi connectivity index (χ0v) is 10.6. The fourth-order valence-corrected chi connectivity index (χ4v) is 1.52. The number of amides is 1. The zero-order valence-electron chi connectivity index (χ0n) is 9.13. The number of nitrogens with one attached hydrogen (secondary N) is 1. The van der Waals surface area contributed by atoms with Crippen molar-refractivity contribution in [3.05, 3.63) is 33.8 Å². The Bertz CT molecular complexity index is 394. The van der Waals surface area contributed by atoms with E-state index in [1.54, 1.807) is 19.1 Å². The molecule has 0 aliphatic heterocycles. The third-order valence-electron chi connectivity index (χ3n) is 2.22. The number of hydrogen-bond acceptors (Lipinski definition) is 2. The third-order valence-corrected chi connectivity index (χ3v) is 2.96. The van der Waals surface area contributed by atoms with Gasteiger partial charge in [-0.15, -0.1) is 0 Å². The third kappa shape index (κ3) is 3.37. The fraction of sp³-hybridized carbons (Fsp3) is 0.364. The van der Waals surface area contributed by atoms with Crippen LogP contribution in [0.2, 0.25) is 10.0 Å². The van der Waals surface area contributed by atoms with Gasteiger partial charge in [-0.1, -0.05) is 29.3 Å². The number of rotatable bonds is 3. The molecule has 0 radical (unpaired) electrons. The highest BCUT2D eigenvalue weighted by Gasteiger charge is 2.13. The molecule has 1 unspecified atom stereocenters. The van der Waals surface area contributed by atoms with Crippen molar-refractivity contribution in [1.29, 1.82) is 0 Å². The van der Waals surface area contributed by atoms with Crippen molar-refractivity contribution in [1.82, 2.24) is 5.32 Å². The van der Waals surface area contributed by atoms with Gasteiger partial charge in [0.05, 0.1) is 22.1 Å². The highest BCUT2D eigenvalue weighted by atomic mass is 35.5. The van der Waals surface area contributed by atoms with Crippen molar-refractivity contribution in [3.63, 3.8) is 0 Å². The van der Waals surface area contributed by atoms with Crippen LogP contribution in [0.5, 0.6) is 0 Å². The van der Waals surface area contributed by atoms with Crippen molar-refractivity contribution >= 4 is 29.1 Å². The molecule has 0 saturated carbocycles. The highest BCUT2D eigenvalue weighted by Crippen LogP contribution is 2.25. The molecule has 16 heavy (non-hydrogen) atoms. The summed E-state index contributed by atoms with van der Waals surface area (Å²) in [6.45, 7) is 3.50. The molecule has 0 spiro atoms. The minimum atomic E-state index is -0.523. The van der Waals surface area contributed by atoms with Crippen molar-refractivity contribution in [2.75, 3.05) is 0 Å². The van der Waals surface area contributed by atoms with Crippen LogP contribution in [-0.4, -0.2) is 11.9 Å². The lowest BCUT2D eigenvalue weighted by molar-refractivity contribution is -0.122. The normalized spacial score (nSPS) is 14.3. The number of carbonyl (C=O) groups excluding carboxylic acids is 1. The number of benzene rings is 1. The lowest BCUT2D eigenvalue weighted by atomic mass is 10.1. The van der Waals surface area contributed by atoms with Gasteiger partial charge in [-0.25, -0.2) is 0 Å². The van der Waals surface area contributed by atoms with Crippen molar-refractivity contribution < 1.29 is 4.79 Å². The number of nitrogens with two attached hydrogens (primary N) is 1. The molecule has 0 fully saturated rings. The quantitative estimate of drug-likeness (QED) is 0.878. The van der Waals surface area contributed by atoms with Gasteiger partial charge < -0.3 is 11.1 Å². The molecule has 0 bridgehead atoms. The number of halogens is 2. The highest BCUT2D eigenvalue weighted by molar-refractivity contribution is 6.42. The molecule has 0 aliphatic rings. The SMILES string of the molecule is CC(NC(=O)[C@@H](C)N)c1ccc(Cl)c(Cl)c1. The monoisotopic (exact) mass is 260 g/mol. The molecule has 1 aromatic carbocycles. The maximum atomic E-state index is 11.4. The van der Waals surface area contributed by atoms with Gasteiger partial charge in [-0.2, -0.15) is 0 Å². The van der Waals surface area contributed by atoms with E-state index in [4.69, 9.17) is 28.9 Å². The van der Waals surface area contributed by atoms with Crippen LogP contribution in [0.3, 0.4) is 0 Å². The Morgan fingerprint density at radius 3 is 2.44 bits per heavy atom. The lowest BCUT2D eigenvalue weighted by Gasteiger charge is -2.16. The molecule has 88 valence electrons. The second-order valence-corrected chi connectivity index (χ2v) is 4.51. The topological polar surface area (TPSA) is 55.1 Å². The summed E-state index contributed by atoms with van der Waals surface area (Å²) in [5.41, 5.74) is 6.35. The van der Waals surface area contributed by atoms with Crippen LogP contribution in [0.25, 0.3) is 0 Å². The summed E-state index contributed by atoms with van der Waals surface area (Å²) in [7, 11) is 0. The molecule has 0 aromatic heterocycles. The van der Waals surface area contributed by atoms with Gasteiger partial charge in [-0.3, -0.25) is 4.79 Å². The summed E-state index contributed by atoms with van der Waals surface area (Å²) in [6, 6.07) is 4.59. The summed E-state index contributed by atoms with van der Waals surface area (Å²) in [6.07, 6.45) is 0. The van der Waals surface area contributed by atoms with Gasteiger partial charge >= 0.3 is 0 Å². The largest absolute Gasteiger partial charge is 0.348 e. The summed E-state index contributed by atoms with van der Waals surface area (Å²) in [5, 5.41) is 3.75. The average molecular weight is 261 g/mol. The Hall–Kier alpha value is -0.770. The van der Waals surface area contributed by atoms with Crippen molar-refractivity contribution in [3.8, 4) is 0 Å². The summed E-state index contributed by atoms with van der Waals surface area (Å²) < 4.78 is 0. The minimum Gasteiger partial charge on any atom is -0.348 e. The van der Waals surface area contributed by atoms with Crippen LogP contribution in [0, 0.1) is 0 Å². The van der Waals surface area contributed by atoms with Gasteiger partial charge in [0.15, 0.2) is 0 Å². The Balaban J connectivity index is 2.77. The van der Waals surface area contributed by atoms with Crippen LogP contribution in [0.15, 0.2) is 18.2 Å². The Labute approximate surface area is 105 Å². The van der Waals surface area contributed by atoms with Crippen molar-refractivity contribution in [2.45, 2.75) is 25.9 Å². The zero-order chi connectivity index (χ0) is 12.3. The molecule has 0 heterocycles. The van der Waals surface area contributed by atoms with E-state index in [0.29, 0.717) is 10.0 Å². The molecule has 0 aliphatic carbocycles. The predicted octanol–water partition coefficient (Wildman–Crippen LogP) is 2.52. The summed E-state index contributed by atoms with van der Waals surface area (Å²) >= 11 is 11.7. The first kappa shape index (κ1) is 13.3. The Morgan fingerprint density at radius 1 is 1.31 bits per heavy atom. The predicted molar refractivity (Wildman–Crippen MR) is 66.7 cm³/mol. The molecule has 1 amide bonds. The Morgan fingerprint density at radius 2 is 1.94 bits per heavy atom. The van der Waals surface area contributed by atoms with Crippen LogP contribution < -0.4 is 11.1 Å². The minimum absolute atomic E-state index is 0.145. The Kier molecular flexibility index (Phi) is 4.59. The number of hydrogen-bond donors (Lipinski definition) is 2. The van der Waals surface area contributed by atoms with Crippen LogP contribution in [-0.2, 0) is 4.79 Å². The van der Waals surface area contributed by atoms with Gasteiger partial charge in [0.1, 0.15) is 0 Å². The van der Waals surface area contributed by atoms with Gasteiger partial charge in [-0.05, 0) is 31.5 Å². The first-order chi connectivity index (χ1) is 7.41. The average Bonchev–Trinajstić information content (AvgIpc) is 2.21. The van der Waals surface area contributed by atoms with Crippen molar-refractivity contribution in [2.24, 2.45) is 5.73 Å².